The molecule has 3 nitrogen and oxygen atoms in total. The van der Waals surface area contributed by atoms with Crippen LogP contribution in [0.15, 0.2) is 18.2 Å². The van der Waals surface area contributed by atoms with Crippen molar-refractivity contribution < 1.29 is 9.90 Å². The maximum Gasteiger partial charge on any atom is 0.311 e. The summed E-state index contributed by atoms with van der Waals surface area (Å²) >= 11 is 12.1. The van der Waals surface area contributed by atoms with Crippen LogP contribution >= 0.6 is 23.2 Å². The first kappa shape index (κ1) is 15.1. The van der Waals surface area contributed by atoms with E-state index in [0.29, 0.717) is 16.6 Å². The molecule has 3 atom stereocenters. The lowest BCUT2D eigenvalue weighted by atomic mass is 9.81. The number of aliphatic carboxylic acids is 1. The first-order chi connectivity index (χ1) is 9.94. The fourth-order valence-corrected chi connectivity index (χ4v) is 4.26. The highest BCUT2D eigenvalue weighted by molar-refractivity contribution is 6.42. The number of carbonyl (C=O) groups is 1. The van der Waals surface area contributed by atoms with E-state index in [0.717, 1.165) is 31.4 Å². The Morgan fingerprint density at radius 3 is 2.81 bits per heavy atom. The zero-order valence-corrected chi connectivity index (χ0v) is 13.5. The quantitative estimate of drug-likeness (QED) is 0.902. The Morgan fingerprint density at radius 1 is 1.43 bits per heavy atom. The molecule has 1 heterocycles. The average Bonchev–Trinajstić information content (AvgIpc) is 2.98. The van der Waals surface area contributed by atoms with Gasteiger partial charge in [-0.15, -0.1) is 0 Å². The van der Waals surface area contributed by atoms with Crippen molar-refractivity contribution in [2.45, 2.75) is 32.2 Å². The summed E-state index contributed by atoms with van der Waals surface area (Å²) in [7, 11) is 0. The normalized spacial score (nSPS) is 30.3. The maximum absolute atomic E-state index is 11.7. The van der Waals surface area contributed by atoms with Crippen LogP contribution in [0.25, 0.3) is 0 Å². The summed E-state index contributed by atoms with van der Waals surface area (Å²) in [5, 5.41) is 10.8. The summed E-state index contributed by atoms with van der Waals surface area (Å²) in [4.78, 5) is 14.0. The molecule has 0 amide bonds. The van der Waals surface area contributed by atoms with Gasteiger partial charge in [-0.2, -0.15) is 0 Å². The zero-order valence-electron chi connectivity index (χ0n) is 12.0. The Labute approximate surface area is 134 Å². The third-order valence-electron chi connectivity index (χ3n) is 5.30. The molecular weight excluding hydrogens is 309 g/mol. The summed E-state index contributed by atoms with van der Waals surface area (Å²) in [6, 6.07) is 5.82. The first-order valence-electron chi connectivity index (χ1n) is 7.36. The van der Waals surface area contributed by atoms with Gasteiger partial charge in [0.05, 0.1) is 15.5 Å². The second-order valence-electron chi connectivity index (χ2n) is 6.33. The third-order valence-corrected chi connectivity index (χ3v) is 6.04. The minimum atomic E-state index is -0.631. The molecule has 2 fully saturated rings. The topological polar surface area (TPSA) is 40.5 Å². The molecule has 1 saturated carbocycles. The van der Waals surface area contributed by atoms with Crippen LogP contribution in [0, 0.1) is 11.3 Å². The molecule has 2 aliphatic rings. The van der Waals surface area contributed by atoms with Crippen molar-refractivity contribution in [3.8, 4) is 0 Å². The monoisotopic (exact) mass is 327 g/mol. The standard InChI is InChI=1S/C16H19Cl2NO2/c1-10(11-4-5-13(17)14(18)7-11)19-8-12-3-2-6-16(12,9-19)15(20)21/h4-5,7,10,12H,2-3,6,8-9H2,1H3,(H,20,21)/t10?,12-,16+/m0/s1. The Morgan fingerprint density at radius 2 is 2.19 bits per heavy atom. The molecule has 1 aromatic rings. The van der Waals surface area contributed by atoms with Gasteiger partial charge in [0.25, 0.3) is 0 Å². The molecule has 21 heavy (non-hydrogen) atoms. The van der Waals surface area contributed by atoms with Gasteiger partial charge >= 0.3 is 5.97 Å². The molecule has 0 spiro atoms. The third kappa shape index (κ3) is 2.45. The van der Waals surface area contributed by atoms with Gasteiger partial charge in [-0.05, 0) is 43.4 Å². The van der Waals surface area contributed by atoms with Gasteiger partial charge in [-0.1, -0.05) is 35.7 Å². The summed E-state index contributed by atoms with van der Waals surface area (Å²) < 4.78 is 0. The second-order valence-corrected chi connectivity index (χ2v) is 7.14. The highest BCUT2D eigenvalue weighted by Crippen LogP contribution is 2.50. The number of hydrogen-bond acceptors (Lipinski definition) is 2. The van der Waals surface area contributed by atoms with Crippen LogP contribution in [0.5, 0.6) is 0 Å². The number of halogens is 2. The highest BCUT2D eigenvalue weighted by Gasteiger charge is 2.55. The van der Waals surface area contributed by atoms with E-state index in [-0.39, 0.29) is 12.0 Å². The largest absolute Gasteiger partial charge is 0.481 e. The number of likely N-dealkylation sites (tertiary alicyclic amines) is 1. The van der Waals surface area contributed by atoms with Gasteiger partial charge in [0.2, 0.25) is 0 Å². The van der Waals surface area contributed by atoms with E-state index in [1.807, 2.05) is 12.1 Å². The minimum absolute atomic E-state index is 0.154. The van der Waals surface area contributed by atoms with E-state index < -0.39 is 11.4 Å². The number of carboxylic acid groups (broad SMARTS) is 1. The highest BCUT2D eigenvalue weighted by atomic mass is 35.5. The van der Waals surface area contributed by atoms with Crippen LogP contribution in [0.1, 0.15) is 37.8 Å². The number of fused-ring (bicyclic) bond motifs is 1. The van der Waals surface area contributed by atoms with Crippen LogP contribution < -0.4 is 0 Å². The van der Waals surface area contributed by atoms with E-state index in [1.54, 1.807) is 6.07 Å². The minimum Gasteiger partial charge on any atom is -0.481 e. The molecule has 0 bridgehead atoms. The molecule has 0 radical (unpaired) electrons. The van der Waals surface area contributed by atoms with Crippen LogP contribution in [0.3, 0.4) is 0 Å². The number of rotatable bonds is 3. The second kappa shape index (κ2) is 5.45. The van der Waals surface area contributed by atoms with Crippen molar-refractivity contribution in [2.24, 2.45) is 11.3 Å². The van der Waals surface area contributed by atoms with Gasteiger partial charge in [0.1, 0.15) is 0 Å². The van der Waals surface area contributed by atoms with E-state index in [9.17, 15) is 9.90 Å². The molecule has 1 aliphatic carbocycles. The van der Waals surface area contributed by atoms with Gasteiger partial charge in [0, 0.05) is 19.1 Å². The first-order valence-corrected chi connectivity index (χ1v) is 8.12. The number of carboxylic acids is 1. The van der Waals surface area contributed by atoms with Crippen molar-refractivity contribution in [1.29, 1.82) is 0 Å². The molecule has 0 aromatic heterocycles. The number of benzene rings is 1. The Hall–Kier alpha value is -0.770. The molecule has 114 valence electrons. The van der Waals surface area contributed by atoms with Crippen molar-refractivity contribution >= 4 is 29.2 Å². The average molecular weight is 328 g/mol. The fourth-order valence-electron chi connectivity index (χ4n) is 3.96. The lowest BCUT2D eigenvalue weighted by Gasteiger charge is -2.27. The van der Waals surface area contributed by atoms with Crippen molar-refractivity contribution in [2.75, 3.05) is 13.1 Å². The Bertz CT molecular complexity index is 577. The number of nitrogens with zero attached hydrogens (tertiary/aromatic N) is 1. The van der Waals surface area contributed by atoms with E-state index in [4.69, 9.17) is 23.2 Å². The predicted molar refractivity (Wildman–Crippen MR) is 83.9 cm³/mol. The molecule has 1 aliphatic heterocycles. The predicted octanol–water partition coefficient (Wildman–Crippen LogP) is 4.24. The molecule has 5 heteroatoms. The lowest BCUT2D eigenvalue weighted by Crippen LogP contribution is -2.36. The van der Waals surface area contributed by atoms with E-state index in [2.05, 4.69) is 11.8 Å². The van der Waals surface area contributed by atoms with Gasteiger partial charge < -0.3 is 5.11 Å². The molecule has 1 N–H and O–H groups in total. The van der Waals surface area contributed by atoms with Gasteiger partial charge in [0.15, 0.2) is 0 Å². The summed E-state index contributed by atoms with van der Waals surface area (Å²) in [5.41, 5.74) is 0.551. The molecule has 1 aromatic carbocycles. The smallest absolute Gasteiger partial charge is 0.311 e. The molecular formula is C16H19Cl2NO2. The summed E-state index contributed by atoms with van der Waals surface area (Å²) in [6.07, 6.45) is 2.86. The van der Waals surface area contributed by atoms with Crippen molar-refractivity contribution in [3.63, 3.8) is 0 Å². The molecule has 1 saturated heterocycles. The fraction of sp³-hybridized carbons (Fsp3) is 0.562. The van der Waals surface area contributed by atoms with E-state index >= 15 is 0 Å². The summed E-state index contributed by atoms with van der Waals surface area (Å²) in [6.45, 7) is 3.60. The van der Waals surface area contributed by atoms with Crippen LogP contribution in [0.4, 0.5) is 0 Å². The lowest BCUT2D eigenvalue weighted by molar-refractivity contribution is -0.149. The van der Waals surface area contributed by atoms with Gasteiger partial charge in [-0.3, -0.25) is 9.69 Å². The van der Waals surface area contributed by atoms with Crippen LogP contribution in [-0.2, 0) is 4.79 Å². The molecule has 3 rings (SSSR count). The summed E-state index contributed by atoms with van der Waals surface area (Å²) in [5.74, 6) is -0.353. The van der Waals surface area contributed by atoms with E-state index in [1.165, 1.54) is 0 Å². The Kier molecular flexibility index (Phi) is 3.93. The van der Waals surface area contributed by atoms with Crippen LogP contribution in [-0.4, -0.2) is 29.1 Å². The maximum atomic E-state index is 11.7. The zero-order chi connectivity index (χ0) is 15.2. The van der Waals surface area contributed by atoms with Crippen LogP contribution in [0.2, 0.25) is 10.0 Å². The number of hydrogen-bond donors (Lipinski definition) is 1. The SMILES string of the molecule is CC(c1ccc(Cl)c(Cl)c1)N1C[C@@H]2CCC[C@@]2(C(=O)O)C1. The molecule has 1 unspecified atom stereocenters. The van der Waals surface area contributed by atoms with Crippen molar-refractivity contribution in [1.82, 2.24) is 4.90 Å². The van der Waals surface area contributed by atoms with Crippen molar-refractivity contribution in [3.05, 3.63) is 33.8 Å². The Balaban J connectivity index is 1.82. The van der Waals surface area contributed by atoms with Gasteiger partial charge in [-0.25, -0.2) is 0 Å².